The van der Waals surface area contributed by atoms with Crippen molar-refractivity contribution >= 4 is 27.6 Å². The van der Waals surface area contributed by atoms with Crippen LogP contribution in [-0.2, 0) is 6.54 Å². The van der Waals surface area contributed by atoms with Crippen molar-refractivity contribution in [2.75, 3.05) is 5.73 Å². The van der Waals surface area contributed by atoms with Gasteiger partial charge >= 0.3 is 0 Å². The molecular weight excluding hydrogens is 328 g/mol. The van der Waals surface area contributed by atoms with Crippen LogP contribution in [0.25, 0.3) is 21.8 Å². The molecule has 0 saturated heterocycles. The second-order valence-electron chi connectivity index (χ2n) is 6.69. The third kappa shape index (κ3) is 2.44. The molecule has 4 aromatic rings. The predicted molar refractivity (Wildman–Crippen MR) is 102 cm³/mol. The molecular formula is C19H20N6O. The molecule has 26 heavy (non-hydrogen) atoms. The summed E-state index contributed by atoms with van der Waals surface area (Å²) in [7, 11) is 0. The van der Waals surface area contributed by atoms with Gasteiger partial charge in [0.1, 0.15) is 12.1 Å². The van der Waals surface area contributed by atoms with E-state index < -0.39 is 0 Å². The van der Waals surface area contributed by atoms with Gasteiger partial charge < -0.3 is 10.3 Å². The van der Waals surface area contributed by atoms with Crippen LogP contribution < -0.4 is 11.3 Å². The summed E-state index contributed by atoms with van der Waals surface area (Å²) in [6.45, 7) is 6.33. The van der Waals surface area contributed by atoms with Gasteiger partial charge in [0.15, 0.2) is 5.65 Å². The van der Waals surface area contributed by atoms with Gasteiger partial charge in [0.25, 0.3) is 5.56 Å². The smallest absolute Gasteiger partial charge is 0.258 e. The van der Waals surface area contributed by atoms with Crippen LogP contribution in [-0.4, -0.2) is 24.3 Å². The summed E-state index contributed by atoms with van der Waals surface area (Å²) in [6, 6.07) is 9.72. The van der Waals surface area contributed by atoms with Crippen LogP contribution in [0.2, 0.25) is 0 Å². The van der Waals surface area contributed by atoms with E-state index in [1.807, 2.05) is 55.7 Å². The maximum absolute atomic E-state index is 13.0. The first-order chi connectivity index (χ1) is 12.5. The Bertz CT molecular complexity index is 1190. The van der Waals surface area contributed by atoms with Gasteiger partial charge in [-0.15, -0.1) is 0 Å². The summed E-state index contributed by atoms with van der Waals surface area (Å²) in [5.41, 5.74) is 8.32. The maximum Gasteiger partial charge on any atom is 0.258 e. The Kier molecular flexibility index (Phi) is 3.72. The van der Waals surface area contributed by atoms with E-state index in [0.717, 1.165) is 27.5 Å². The van der Waals surface area contributed by atoms with Gasteiger partial charge in [0.05, 0.1) is 17.6 Å². The molecule has 0 bridgehead atoms. The third-order valence-corrected chi connectivity index (χ3v) is 4.60. The highest BCUT2D eigenvalue weighted by Crippen LogP contribution is 2.22. The number of anilines is 1. The first-order valence-corrected chi connectivity index (χ1v) is 8.54. The average molecular weight is 348 g/mol. The molecule has 0 unspecified atom stereocenters. The van der Waals surface area contributed by atoms with Crippen molar-refractivity contribution in [3.05, 3.63) is 58.4 Å². The zero-order valence-electron chi connectivity index (χ0n) is 15.0. The normalized spacial score (nSPS) is 11.7. The predicted octanol–water partition coefficient (Wildman–Crippen LogP) is 2.66. The van der Waals surface area contributed by atoms with Gasteiger partial charge in [0.2, 0.25) is 0 Å². The van der Waals surface area contributed by atoms with Gasteiger partial charge in [-0.25, -0.2) is 14.6 Å². The van der Waals surface area contributed by atoms with E-state index in [0.29, 0.717) is 18.0 Å². The van der Waals surface area contributed by atoms with Crippen molar-refractivity contribution in [3.63, 3.8) is 0 Å². The number of pyridine rings is 1. The summed E-state index contributed by atoms with van der Waals surface area (Å²) >= 11 is 0. The Labute approximate surface area is 150 Å². The highest BCUT2D eigenvalue weighted by Gasteiger charge is 2.16. The molecule has 4 rings (SSSR count). The molecule has 0 spiro atoms. The first kappa shape index (κ1) is 16.3. The minimum atomic E-state index is 0.00965. The zero-order chi connectivity index (χ0) is 18.4. The van der Waals surface area contributed by atoms with E-state index in [1.165, 1.54) is 6.33 Å². The van der Waals surface area contributed by atoms with Gasteiger partial charge in [-0.3, -0.25) is 4.79 Å². The van der Waals surface area contributed by atoms with Crippen LogP contribution in [0, 0.1) is 6.92 Å². The molecule has 0 aliphatic carbocycles. The summed E-state index contributed by atoms with van der Waals surface area (Å²) in [6.07, 6.45) is 1.44. The number of rotatable bonds is 3. The second-order valence-corrected chi connectivity index (χ2v) is 6.69. The van der Waals surface area contributed by atoms with Crippen molar-refractivity contribution in [2.24, 2.45) is 0 Å². The lowest BCUT2D eigenvalue weighted by molar-refractivity contribution is 0.533. The zero-order valence-corrected chi connectivity index (χ0v) is 15.0. The molecule has 0 aliphatic heterocycles. The molecule has 0 amide bonds. The highest BCUT2D eigenvalue weighted by molar-refractivity contribution is 5.88. The molecule has 0 atom stereocenters. The lowest BCUT2D eigenvalue weighted by atomic mass is 10.1. The molecule has 2 N–H and O–H groups in total. The van der Waals surface area contributed by atoms with E-state index in [9.17, 15) is 4.79 Å². The number of nitrogen functional groups attached to an aromatic ring is 1. The lowest BCUT2D eigenvalue weighted by Gasteiger charge is -2.18. The number of aromatic nitrogens is 5. The van der Waals surface area contributed by atoms with Gasteiger partial charge in [0, 0.05) is 17.1 Å². The molecule has 3 aromatic heterocycles. The number of hydrogen-bond donors (Lipinski definition) is 1. The topological polar surface area (TPSA) is 91.6 Å². The Balaban J connectivity index is 1.95. The largest absolute Gasteiger partial charge is 0.383 e. The number of benzene rings is 1. The molecule has 0 saturated carbocycles. The van der Waals surface area contributed by atoms with Crippen LogP contribution in [0.15, 0.2) is 41.5 Å². The fourth-order valence-corrected chi connectivity index (χ4v) is 3.49. The number of hydrogen-bond acceptors (Lipinski definition) is 5. The van der Waals surface area contributed by atoms with E-state index in [4.69, 9.17) is 5.73 Å². The summed E-state index contributed by atoms with van der Waals surface area (Å²) in [5.74, 6) is 0.415. The van der Waals surface area contributed by atoms with Crippen molar-refractivity contribution < 1.29 is 0 Å². The maximum atomic E-state index is 13.0. The Morgan fingerprint density at radius 3 is 2.73 bits per heavy atom. The van der Waals surface area contributed by atoms with Crippen molar-refractivity contribution in [1.82, 2.24) is 24.3 Å². The van der Waals surface area contributed by atoms with Crippen molar-refractivity contribution in [1.29, 1.82) is 0 Å². The molecule has 7 nitrogen and oxygen atoms in total. The van der Waals surface area contributed by atoms with Crippen molar-refractivity contribution in [3.8, 4) is 0 Å². The third-order valence-electron chi connectivity index (χ3n) is 4.60. The van der Waals surface area contributed by atoms with Gasteiger partial charge in [-0.1, -0.05) is 18.2 Å². The number of nitrogens with two attached hydrogens (primary N) is 1. The summed E-state index contributed by atoms with van der Waals surface area (Å²) < 4.78 is 3.60. The number of nitrogens with zero attached hydrogens (tertiary/aromatic N) is 5. The minimum absolute atomic E-state index is 0.00965. The molecule has 3 heterocycles. The Hall–Kier alpha value is -3.22. The summed E-state index contributed by atoms with van der Waals surface area (Å²) in [4.78, 5) is 21.4. The van der Waals surface area contributed by atoms with E-state index in [2.05, 4.69) is 15.1 Å². The van der Waals surface area contributed by atoms with Crippen LogP contribution in [0.1, 0.15) is 31.3 Å². The van der Waals surface area contributed by atoms with E-state index in [1.54, 1.807) is 4.68 Å². The van der Waals surface area contributed by atoms with E-state index in [-0.39, 0.29) is 11.6 Å². The molecule has 7 heteroatoms. The first-order valence-electron chi connectivity index (χ1n) is 8.54. The fraction of sp³-hybridized carbons (Fsp3) is 0.263. The molecule has 0 fully saturated rings. The molecule has 0 radical (unpaired) electrons. The van der Waals surface area contributed by atoms with Crippen LogP contribution in [0.5, 0.6) is 0 Å². The monoisotopic (exact) mass is 348 g/mol. The quantitative estimate of drug-likeness (QED) is 0.614. The highest BCUT2D eigenvalue weighted by atomic mass is 16.1. The SMILES string of the molecule is Cc1nn(Cc2cc3ccccc3c(=O)n2C(C)C)c2ncnc(N)c12. The molecule has 1 aromatic carbocycles. The van der Waals surface area contributed by atoms with Crippen LogP contribution in [0.4, 0.5) is 5.82 Å². The Morgan fingerprint density at radius 2 is 1.96 bits per heavy atom. The van der Waals surface area contributed by atoms with Crippen LogP contribution in [0.3, 0.4) is 0 Å². The minimum Gasteiger partial charge on any atom is -0.383 e. The summed E-state index contributed by atoms with van der Waals surface area (Å²) in [5, 5.41) is 6.97. The molecule has 0 aliphatic rings. The fourth-order valence-electron chi connectivity index (χ4n) is 3.49. The van der Waals surface area contributed by atoms with Crippen molar-refractivity contribution in [2.45, 2.75) is 33.4 Å². The average Bonchev–Trinajstić information content (AvgIpc) is 2.92. The molecule has 132 valence electrons. The van der Waals surface area contributed by atoms with Crippen LogP contribution >= 0.6 is 0 Å². The van der Waals surface area contributed by atoms with E-state index >= 15 is 0 Å². The van der Waals surface area contributed by atoms with Gasteiger partial charge in [-0.05, 0) is 38.3 Å². The number of fused-ring (bicyclic) bond motifs is 2. The standard InChI is InChI=1S/C19H20N6O/c1-11(2)25-14(8-13-6-4-5-7-15(13)19(25)26)9-24-18-16(12(3)23-24)17(20)21-10-22-18/h4-8,10-11H,9H2,1-3H3,(H2,20,21,22). The Morgan fingerprint density at radius 1 is 1.19 bits per heavy atom. The van der Waals surface area contributed by atoms with Gasteiger partial charge in [-0.2, -0.15) is 5.10 Å². The lowest BCUT2D eigenvalue weighted by Crippen LogP contribution is -2.26. The number of aryl methyl sites for hydroxylation is 1. The second kappa shape index (κ2) is 5.94.